The van der Waals surface area contributed by atoms with Crippen LogP contribution in [-0.4, -0.2) is 34.4 Å². The maximum absolute atomic E-state index is 10.4. The molecule has 0 spiro atoms. The van der Waals surface area contributed by atoms with Crippen LogP contribution >= 0.6 is 0 Å². The van der Waals surface area contributed by atoms with Crippen molar-refractivity contribution in [3.05, 3.63) is 11.7 Å². The van der Waals surface area contributed by atoms with Gasteiger partial charge in [0.25, 0.3) is 0 Å². The number of hydrogen-bond acceptors (Lipinski definition) is 5. The SMILES string of the molecule is O=C(O)Cc1noc(CC2CCCOC2)n1. The van der Waals surface area contributed by atoms with E-state index in [1.165, 1.54) is 0 Å². The third-order valence-corrected chi connectivity index (χ3v) is 2.54. The molecule has 1 atom stereocenters. The largest absolute Gasteiger partial charge is 0.481 e. The first-order valence-corrected chi connectivity index (χ1v) is 5.35. The minimum atomic E-state index is -0.951. The van der Waals surface area contributed by atoms with Crippen LogP contribution in [0.3, 0.4) is 0 Å². The molecule has 1 unspecified atom stereocenters. The number of carboxylic acids is 1. The molecule has 0 radical (unpaired) electrons. The summed E-state index contributed by atoms with van der Waals surface area (Å²) in [6.07, 6.45) is 2.63. The molecule has 0 aliphatic carbocycles. The summed E-state index contributed by atoms with van der Waals surface area (Å²) in [4.78, 5) is 14.5. The molecular weight excluding hydrogens is 212 g/mol. The molecule has 1 fully saturated rings. The molecule has 0 bridgehead atoms. The van der Waals surface area contributed by atoms with Crippen LogP contribution in [0.4, 0.5) is 0 Å². The van der Waals surface area contributed by atoms with Crippen molar-refractivity contribution in [2.45, 2.75) is 25.7 Å². The first-order valence-electron chi connectivity index (χ1n) is 5.35. The maximum atomic E-state index is 10.4. The molecule has 2 heterocycles. The van der Waals surface area contributed by atoms with Crippen molar-refractivity contribution < 1.29 is 19.2 Å². The van der Waals surface area contributed by atoms with E-state index in [9.17, 15) is 4.79 Å². The van der Waals surface area contributed by atoms with Crippen LogP contribution in [-0.2, 0) is 22.4 Å². The van der Waals surface area contributed by atoms with E-state index in [4.69, 9.17) is 14.4 Å². The van der Waals surface area contributed by atoms with Gasteiger partial charge in [0.2, 0.25) is 5.89 Å². The highest BCUT2D eigenvalue weighted by atomic mass is 16.5. The Labute approximate surface area is 92.6 Å². The van der Waals surface area contributed by atoms with Crippen LogP contribution in [0.5, 0.6) is 0 Å². The smallest absolute Gasteiger partial charge is 0.311 e. The van der Waals surface area contributed by atoms with Gasteiger partial charge >= 0.3 is 5.97 Å². The minimum absolute atomic E-state index is 0.190. The van der Waals surface area contributed by atoms with Crippen molar-refractivity contribution in [1.82, 2.24) is 10.1 Å². The van der Waals surface area contributed by atoms with E-state index in [1.807, 2.05) is 0 Å². The van der Waals surface area contributed by atoms with E-state index in [2.05, 4.69) is 10.1 Å². The van der Waals surface area contributed by atoms with E-state index >= 15 is 0 Å². The summed E-state index contributed by atoms with van der Waals surface area (Å²) in [5.74, 6) is 0.200. The van der Waals surface area contributed by atoms with E-state index in [0.29, 0.717) is 18.2 Å². The van der Waals surface area contributed by atoms with Gasteiger partial charge in [-0.05, 0) is 18.8 Å². The molecule has 6 nitrogen and oxygen atoms in total. The first kappa shape index (κ1) is 11.1. The number of nitrogens with zero attached hydrogens (tertiary/aromatic N) is 2. The number of aromatic nitrogens is 2. The van der Waals surface area contributed by atoms with Crippen molar-refractivity contribution in [1.29, 1.82) is 0 Å². The number of aliphatic carboxylic acids is 1. The maximum Gasteiger partial charge on any atom is 0.311 e. The minimum Gasteiger partial charge on any atom is -0.481 e. The fraction of sp³-hybridized carbons (Fsp3) is 0.700. The van der Waals surface area contributed by atoms with E-state index in [-0.39, 0.29) is 12.2 Å². The zero-order chi connectivity index (χ0) is 11.4. The molecule has 2 rings (SSSR count). The van der Waals surface area contributed by atoms with Gasteiger partial charge in [0, 0.05) is 19.6 Å². The summed E-state index contributed by atoms with van der Waals surface area (Å²) in [5, 5.41) is 12.2. The molecule has 88 valence electrons. The molecule has 1 aromatic heterocycles. The summed E-state index contributed by atoms with van der Waals surface area (Å²) in [6, 6.07) is 0. The Balaban J connectivity index is 1.88. The normalized spacial score (nSPS) is 20.9. The van der Waals surface area contributed by atoms with Gasteiger partial charge in [-0.3, -0.25) is 4.79 Å². The Morgan fingerprint density at radius 2 is 2.44 bits per heavy atom. The Kier molecular flexibility index (Phi) is 3.51. The van der Waals surface area contributed by atoms with Crippen molar-refractivity contribution in [3.8, 4) is 0 Å². The third-order valence-electron chi connectivity index (χ3n) is 2.54. The lowest BCUT2D eigenvalue weighted by Crippen LogP contribution is -2.19. The number of rotatable bonds is 4. The van der Waals surface area contributed by atoms with Crippen LogP contribution in [0.2, 0.25) is 0 Å². The summed E-state index contributed by atoms with van der Waals surface area (Å²) in [6.45, 7) is 1.54. The average Bonchev–Trinajstić information content (AvgIpc) is 2.66. The monoisotopic (exact) mass is 226 g/mol. The average molecular weight is 226 g/mol. The van der Waals surface area contributed by atoms with Crippen molar-refractivity contribution in [2.75, 3.05) is 13.2 Å². The Morgan fingerprint density at radius 1 is 1.56 bits per heavy atom. The predicted molar refractivity (Wildman–Crippen MR) is 52.9 cm³/mol. The van der Waals surface area contributed by atoms with Crippen molar-refractivity contribution >= 4 is 5.97 Å². The Hall–Kier alpha value is -1.43. The second-order valence-electron chi connectivity index (χ2n) is 3.96. The van der Waals surface area contributed by atoms with Gasteiger partial charge in [-0.15, -0.1) is 0 Å². The molecule has 1 aliphatic heterocycles. The van der Waals surface area contributed by atoms with E-state index in [1.54, 1.807) is 0 Å². The number of carboxylic acid groups (broad SMARTS) is 1. The zero-order valence-corrected chi connectivity index (χ0v) is 8.89. The standard InChI is InChI=1S/C10H14N2O4/c13-10(14)5-8-11-9(16-12-8)4-7-2-1-3-15-6-7/h7H,1-6H2,(H,13,14). The van der Waals surface area contributed by atoms with Gasteiger partial charge in [-0.25, -0.2) is 0 Å². The quantitative estimate of drug-likeness (QED) is 0.811. The van der Waals surface area contributed by atoms with Gasteiger partial charge < -0.3 is 14.4 Å². The molecule has 0 saturated carbocycles. The summed E-state index contributed by atoms with van der Waals surface area (Å²) < 4.78 is 10.3. The van der Waals surface area contributed by atoms with Gasteiger partial charge in [0.1, 0.15) is 6.42 Å². The third kappa shape index (κ3) is 3.03. The molecular formula is C10H14N2O4. The van der Waals surface area contributed by atoms with Gasteiger partial charge in [-0.2, -0.15) is 4.98 Å². The molecule has 1 saturated heterocycles. The van der Waals surface area contributed by atoms with Crippen molar-refractivity contribution in [3.63, 3.8) is 0 Å². The molecule has 1 N–H and O–H groups in total. The number of carbonyl (C=O) groups is 1. The number of ether oxygens (including phenoxy) is 1. The van der Waals surface area contributed by atoms with Crippen LogP contribution in [0.15, 0.2) is 4.52 Å². The summed E-state index contributed by atoms with van der Waals surface area (Å²) in [5.41, 5.74) is 0. The highest BCUT2D eigenvalue weighted by Gasteiger charge is 2.18. The van der Waals surface area contributed by atoms with Crippen LogP contribution in [0.25, 0.3) is 0 Å². The number of hydrogen-bond donors (Lipinski definition) is 1. The lowest BCUT2D eigenvalue weighted by molar-refractivity contribution is -0.136. The summed E-state index contributed by atoms with van der Waals surface area (Å²) >= 11 is 0. The summed E-state index contributed by atoms with van der Waals surface area (Å²) in [7, 11) is 0. The predicted octanol–water partition coefficient (Wildman–Crippen LogP) is 0.666. The molecule has 1 aromatic rings. The van der Waals surface area contributed by atoms with E-state index < -0.39 is 5.97 Å². The lowest BCUT2D eigenvalue weighted by atomic mass is 9.99. The fourth-order valence-electron chi connectivity index (χ4n) is 1.80. The van der Waals surface area contributed by atoms with Crippen molar-refractivity contribution in [2.24, 2.45) is 5.92 Å². The van der Waals surface area contributed by atoms with Crippen LogP contribution in [0.1, 0.15) is 24.6 Å². The zero-order valence-electron chi connectivity index (χ0n) is 8.89. The highest BCUT2D eigenvalue weighted by molar-refractivity contribution is 5.68. The molecule has 0 aromatic carbocycles. The molecule has 1 aliphatic rings. The van der Waals surface area contributed by atoms with Gasteiger partial charge in [-0.1, -0.05) is 5.16 Å². The van der Waals surface area contributed by atoms with Crippen LogP contribution in [0, 0.1) is 5.92 Å². The fourth-order valence-corrected chi connectivity index (χ4v) is 1.80. The van der Waals surface area contributed by atoms with Gasteiger partial charge in [0.05, 0.1) is 0 Å². The second kappa shape index (κ2) is 5.07. The second-order valence-corrected chi connectivity index (χ2v) is 3.96. The Morgan fingerprint density at radius 3 is 3.12 bits per heavy atom. The highest BCUT2D eigenvalue weighted by Crippen LogP contribution is 2.17. The molecule has 16 heavy (non-hydrogen) atoms. The van der Waals surface area contributed by atoms with Crippen LogP contribution < -0.4 is 0 Å². The Bertz CT molecular complexity index is 357. The molecule has 0 amide bonds. The first-order chi connectivity index (χ1) is 7.74. The molecule has 6 heteroatoms. The lowest BCUT2D eigenvalue weighted by Gasteiger charge is -2.20. The van der Waals surface area contributed by atoms with E-state index in [0.717, 1.165) is 26.1 Å². The topological polar surface area (TPSA) is 85.5 Å². The van der Waals surface area contributed by atoms with Gasteiger partial charge in [0.15, 0.2) is 5.82 Å².